The van der Waals surface area contributed by atoms with Crippen molar-refractivity contribution < 1.29 is 9.90 Å². The Bertz CT molecular complexity index is 629. The van der Waals surface area contributed by atoms with E-state index in [0.717, 1.165) is 30.2 Å². The molecule has 0 saturated heterocycles. The number of pyridine rings is 1. The Morgan fingerprint density at radius 3 is 2.71 bits per heavy atom. The summed E-state index contributed by atoms with van der Waals surface area (Å²) in [5.74, 6) is -1.01. The van der Waals surface area contributed by atoms with Crippen molar-refractivity contribution >= 4 is 35.0 Å². The molecule has 5 heteroatoms. The summed E-state index contributed by atoms with van der Waals surface area (Å²) in [5.41, 5.74) is 8.13. The molecule has 0 saturated carbocycles. The molecule has 2 aromatic rings. The fourth-order valence-corrected chi connectivity index (χ4v) is 2.40. The molecule has 1 aromatic heterocycles. The minimum Gasteiger partial charge on any atom is -0.477 e. The Balaban J connectivity index is 0.00000220. The van der Waals surface area contributed by atoms with Crippen molar-refractivity contribution in [1.82, 2.24) is 4.98 Å². The van der Waals surface area contributed by atoms with Crippen LogP contribution in [-0.4, -0.2) is 16.1 Å². The number of hydrogen-bond donors (Lipinski definition) is 2. The summed E-state index contributed by atoms with van der Waals surface area (Å²) < 4.78 is 0. The number of aromatic carboxylic acids is 1. The van der Waals surface area contributed by atoms with Crippen LogP contribution in [0.25, 0.3) is 10.9 Å². The lowest BCUT2D eigenvalue weighted by atomic mass is 10.0. The molecule has 0 amide bonds. The summed E-state index contributed by atoms with van der Waals surface area (Å²) >= 11 is 0. The van der Waals surface area contributed by atoms with Crippen LogP contribution in [0.2, 0.25) is 0 Å². The van der Waals surface area contributed by atoms with E-state index in [1.165, 1.54) is 12.8 Å². The first-order chi connectivity index (χ1) is 9.63. The molecule has 0 unspecified atom stereocenters. The van der Waals surface area contributed by atoms with Gasteiger partial charge in [0.1, 0.15) is 5.69 Å². The van der Waals surface area contributed by atoms with Gasteiger partial charge in [-0.15, -0.1) is 12.4 Å². The van der Waals surface area contributed by atoms with Gasteiger partial charge >= 0.3 is 5.97 Å². The van der Waals surface area contributed by atoms with E-state index in [1.54, 1.807) is 12.1 Å². The molecule has 0 atom stereocenters. The van der Waals surface area contributed by atoms with E-state index in [0.29, 0.717) is 11.2 Å². The Kier molecular flexibility index (Phi) is 6.43. The molecular formula is C16H21ClN2O2. The molecule has 1 aromatic carbocycles. The maximum atomic E-state index is 11.2. The van der Waals surface area contributed by atoms with Gasteiger partial charge in [-0.3, -0.25) is 0 Å². The summed E-state index contributed by atoms with van der Waals surface area (Å²) in [6.45, 7) is 2.17. The van der Waals surface area contributed by atoms with Crippen molar-refractivity contribution in [3.63, 3.8) is 0 Å². The number of anilines is 1. The van der Waals surface area contributed by atoms with Crippen molar-refractivity contribution in [3.05, 3.63) is 35.5 Å². The van der Waals surface area contributed by atoms with Crippen molar-refractivity contribution in [1.29, 1.82) is 0 Å². The van der Waals surface area contributed by atoms with Crippen molar-refractivity contribution in [2.24, 2.45) is 0 Å². The molecule has 0 radical (unpaired) electrons. The number of carboxylic acids is 1. The Morgan fingerprint density at radius 1 is 1.29 bits per heavy atom. The minimum atomic E-state index is -1.01. The number of aromatic nitrogens is 1. The van der Waals surface area contributed by atoms with E-state index in [4.69, 9.17) is 10.8 Å². The van der Waals surface area contributed by atoms with Crippen LogP contribution in [0.15, 0.2) is 24.3 Å². The number of benzene rings is 1. The summed E-state index contributed by atoms with van der Waals surface area (Å²) in [4.78, 5) is 15.3. The monoisotopic (exact) mass is 308 g/mol. The average molecular weight is 309 g/mol. The summed E-state index contributed by atoms with van der Waals surface area (Å²) in [6.07, 6.45) is 5.47. The van der Waals surface area contributed by atoms with Crippen LogP contribution in [-0.2, 0) is 6.42 Å². The van der Waals surface area contributed by atoms with Crippen molar-refractivity contribution in [2.45, 2.75) is 39.0 Å². The molecule has 21 heavy (non-hydrogen) atoms. The van der Waals surface area contributed by atoms with Gasteiger partial charge < -0.3 is 10.8 Å². The molecule has 2 rings (SSSR count). The first kappa shape index (κ1) is 17.2. The van der Waals surface area contributed by atoms with Crippen molar-refractivity contribution in [2.75, 3.05) is 5.73 Å². The number of aryl methyl sites for hydroxylation is 1. The zero-order valence-corrected chi connectivity index (χ0v) is 12.9. The summed E-state index contributed by atoms with van der Waals surface area (Å²) in [6, 6.07) is 7.27. The highest BCUT2D eigenvalue weighted by molar-refractivity contribution is 5.96. The minimum absolute atomic E-state index is 0. The lowest BCUT2D eigenvalue weighted by molar-refractivity contribution is 0.0691. The van der Waals surface area contributed by atoms with Gasteiger partial charge in [-0.05, 0) is 30.5 Å². The molecule has 1 heterocycles. The Morgan fingerprint density at radius 2 is 2.05 bits per heavy atom. The first-order valence-electron chi connectivity index (χ1n) is 7.05. The third kappa shape index (κ3) is 4.08. The van der Waals surface area contributed by atoms with Crippen LogP contribution in [0.4, 0.5) is 5.69 Å². The number of nitrogens with two attached hydrogens (primary N) is 1. The lowest BCUT2D eigenvalue weighted by Gasteiger charge is -2.09. The number of fused-ring (bicyclic) bond motifs is 1. The largest absolute Gasteiger partial charge is 0.477 e. The molecular weight excluding hydrogens is 288 g/mol. The fraction of sp³-hybridized carbons (Fsp3) is 0.375. The SMILES string of the molecule is CCCCCCc1cc(C(=O)O)nc2c(N)cccc12.Cl. The van der Waals surface area contributed by atoms with Gasteiger partial charge in [0.15, 0.2) is 0 Å². The molecule has 0 spiro atoms. The van der Waals surface area contributed by atoms with Crippen LogP contribution in [0.3, 0.4) is 0 Å². The van der Waals surface area contributed by atoms with Crippen LogP contribution in [0.1, 0.15) is 48.7 Å². The number of carbonyl (C=O) groups is 1. The molecule has 0 aliphatic heterocycles. The van der Waals surface area contributed by atoms with Crippen LogP contribution in [0.5, 0.6) is 0 Å². The number of para-hydroxylation sites is 1. The van der Waals surface area contributed by atoms with Crippen LogP contribution < -0.4 is 5.73 Å². The zero-order chi connectivity index (χ0) is 14.5. The highest BCUT2D eigenvalue weighted by Crippen LogP contribution is 2.25. The number of halogens is 1. The molecule has 0 aliphatic carbocycles. The smallest absolute Gasteiger partial charge is 0.354 e. The number of carboxylic acid groups (broad SMARTS) is 1. The number of hydrogen-bond acceptors (Lipinski definition) is 3. The van der Waals surface area contributed by atoms with Crippen LogP contribution in [0, 0.1) is 0 Å². The first-order valence-corrected chi connectivity index (χ1v) is 7.05. The summed E-state index contributed by atoms with van der Waals surface area (Å²) in [5, 5.41) is 10.1. The van der Waals surface area contributed by atoms with E-state index in [2.05, 4.69) is 11.9 Å². The quantitative estimate of drug-likeness (QED) is 0.623. The van der Waals surface area contributed by atoms with Gasteiger partial charge in [0.2, 0.25) is 0 Å². The number of rotatable bonds is 6. The topological polar surface area (TPSA) is 76.2 Å². The Labute approximate surface area is 130 Å². The third-order valence-corrected chi connectivity index (χ3v) is 3.48. The van der Waals surface area contributed by atoms with Gasteiger partial charge in [-0.25, -0.2) is 9.78 Å². The molecule has 4 nitrogen and oxygen atoms in total. The van der Waals surface area contributed by atoms with Gasteiger partial charge in [-0.1, -0.05) is 38.3 Å². The number of nitrogen functional groups attached to an aromatic ring is 1. The van der Waals surface area contributed by atoms with E-state index in [9.17, 15) is 4.79 Å². The van der Waals surface area contributed by atoms with E-state index in [1.807, 2.05) is 12.1 Å². The maximum Gasteiger partial charge on any atom is 0.354 e. The maximum absolute atomic E-state index is 11.2. The zero-order valence-electron chi connectivity index (χ0n) is 12.1. The van der Waals surface area contributed by atoms with E-state index >= 15 is 0 Å². The predicted octanol–water partition coefficient (Wildman–Crippen LogP) is 4.06. The van der Waals surface area contributed by atoms with Crippen LogP contribution >= 0.6 is 12.4 Å². The van der Waals surface area contributed by atoms with E-state index < -0.39 is 5.97 Å². The number of unbranched alkanes of at least 4 members (excludes halogenated alkanes) is 3. The lowest BCUT2D eigenvalue weighted by Crippen LogP contribution is -2.04. The standard InChI is InChI=1S/C16H20N2O2.ClH/c1-2-3-4-5-7-11-10-14(16(19)20)18-15-12(11)8-6-9-13(15)17;/h6,8-10H,2-5,7,17H2,1H3,(H,19,20);1H. The molecule has 0 aliphatic rings. The second kappa shape index (κ2) is 7.84. The van der Waals surface area contributed by atoms with E-state index in [-0.39, 0.29) is 18.1 Å². The summed E-state index contributed by atoms with van der Waals surface area (Å²) in [7, 11) is 0. The van der Waals surface area contributed by atoms with Gasteiger partial charge in [0.25, 0.3) is 0 Å². The molecule has 0 bridgehead atoms. The Hall–Kier alpha value is -1.81. The molecule has 114 valence electrons. The average Bonchev–Trinajstić information content (AvgIpc) is 2.44. The van der Waals surface area contributed by atoms with Gasteiger partial charge in [-0.2, -0.15) is 0 Å². The number of nitrogens with zero attached hydrogens (tertiary/aromatic N) is 1. The van der Waals surface area contributed by atoms with Gasteiger partial charge in [0.05, 0.1) is 11.2 Å². The molecule has 0 fully saturated rings. The predicted molar refractivity (Wildman–Crippen MR) is 88.2 cm³/mol. The highest BCUT2D eigenvalue weighted by Gasteiger charge is 2.12. The molecule has 3 N–H and O–H groups in total. The van der Waals surface area contributed by atoms with Gasteiger partial charge in [0, 0.05) is 5.39 Å². The third-order valence-electron chi connectivity index (χ3n) is 3.48. The fourth-order valence-electron chi connectivity index (χ4n) is 2.40. The van der Waals surface area contributed by atoms with Crippen molar-refractivity contribution in [3.8, 4) is 0 Å². The second-order valence-electron chi connectivity index (χ2n) is 5.03. The highest BCUT2D eigenvalue weighted by atomic mass is 35.5. The second-order valence-corrected chi connectivity index (χ2v) is 5.03. The normalized spacial score (nSPS) is 10.3.